The summed E-state index contributed by atoms with van der Waals surface area (Å²) in [5.41, 5.74) is 3.23. The topological polar surface area (TPSA) is 79.2 Å². The number of carbonyl (C=O) groups excluding carboxylic acids is 1. The van der Waals surface area contributed by atoms with E-state index in [9.17, 15) is 15.0 Å². The fourth-order valence-corrected chi connectivity index (χ4v) is 6.83. The summed E-state index contributed by atoms with van der Waals surface area (Å²) in [5.74, 6) is 0.349. The van der Waals surface area contributed by atoms with Gasteiger partial charge < -0.3 is 19.7 Å². The molecule has 2 aliphatic heterocycles. The molecule has 6 heteroatoms. The lowest BCUT2D eigenvalue weighted by atomic mass is 9.55. The van der Waals surface area contributed by atoms with Crippen LogP contribution in [0.4, 0.5) is 0 Å². The van der Waals surface area contributed by atoms with Crippen LogP contribution in [0.25, 0.3) is 0 Å². The predicted molar refractivity (Wildman–Crippen MR) is 120 cm³/mol. The monoisotopic (exact) mass is 441 g/mol. The molecule has 2 heterocycles. The van der Waals surface area contributed by atoms with Crippen LogP contribution < -0.4 is 4.74 Å². The number of hydrogen-bond donors (Lipinski definition) is 2. The van der Waals surface area contributed by atoms with Crippen molar-refractivity contribution in [3.63, 3.8) is 0 Å². The van der Waals surface area contributed by atoms with Crippen LogP contribution in [0.15, 0.2) is 23.8 Å². The average Bonchev–Trinajstić information content (AvgIpc) is 3.07. The van der Waals surface area contributed by atoms with Gasteiger partial charge in [0.15, 0.2) is 11.5 Å². The number of phenols is 1. The Balaban J connectivity index is 1.41. The van der Waals surface area contributed by atoms with E-state index >= 15 is 0 Å². The second-order valence-corrected chi connectivity index (χ2v) is 10.4. The molecule has 0 bridgehead atoms. The molecular formula is C26H35NO5. The van der Waals surface area contributed by atoms with Gasteiger partial charge in [-0.25, -0.2) is 0 Å². The van der Waals surface area contributed by atoms with Crippen LogP contribution in [0.2, 0.25) is 0 Å². The molecule has 7 atom stereocenters. The minimum absolute atomic E-state index is 0.0838. The number of ether oxygens (including phenoxy) is 2. The van der Waals surface area contributed by atoms with Crippen LogP contribution in [-0.4, -0.2) is 53.5 Å². The predicted octanol–water partition coefficient (Wildman–Crippen LogP) is 3.60. The fraction of sp³-hybridized carbons (Fsp3) is 0.654. The van der Waals surface area contributed by atoms with Gasteiger partial charge in [-0.2, -0.15) is 0 Å². The summed E-state index contributed by atoms with van der Waals surface area (Å²) in [5, 5.41) is 21.8. The molecular weight excluding hydrogens is 406 g/mol. The van der Waals surface area contributed by atoms with Gasteiger partial charge in [0.05, 0.1) is 19.1 Å². The molecule has 2 aliphatic carbocycles. The highest BCUT2D eigenvalue weighted by Gasteiger charge is 2.60. The molecule has 5 rings (SSSR count). The zero-order valence-corrected chi connectivity index (χ0v) is 19.5. The van der Waals surface area contributed by atoms with Gasteiger partial charge in [-0.15, -0.1) is 0 Å². The number of rotatable bonds is 3. The van der Waals surface area contributed by atoms with E-state index in [1.165, 1.54) is 5.57 Å². The highest BCUT2D eigenvalue weighted by Crippen LogP contribution is 2.56. The van der Waals surface area contributed by atoms with E-state index in [0.29, 0.717) is 18.2 Å². The summed E-state index contributed by atoms with van der Waals surface area (Å²) in [4.78, 5) is 15.3. The van der Waals surface area contributed by atoms with Crippen molar-refractivity contribution in [3.8, 4) is 11.5 Å². The summed E-state index contributed by atoms with van der Waals surface area (Å²) in [7, 11) is 1.56. The minimum Gasteiger partial charge on any atom is -0.504 e. The highest BCUT2D eigenvalue weighted by atomic mass is 16.6. The molecule has 0 amide bonds. The van der Waals surface area contributed by atoms with Gasteiger partial charge in [0.1, 0.15) is 6.10 Å². The zero-order valence-electron chi connectivity index (χ0n) is 19.5. The first-order valence-electron chi connectivity index (χ1n) is 12.0. The Morgan fingerprint density at radius 1 is 1.31 bits per heavy atom. The number of allylic oxidation sites excluding steroid dienone is 1. The molecule has 0 spiro atoms. The number of nitrogens with zero attached hydrogens (tertiary/aromatic N) is 1. The smallest absolute Gasteiger partial charge is 0.311 e. The highest BCUT2D eigenvalue weighted by molar-refractivity contribution is 5.76. The zero-order chi connectivity index (χ0) is 22.8. The van der Waals surface area contributed by atoms with Crippen molar-refractivity contribution in [2.75, 3.05) is 20.2 Å². The second kappa shape index (κ2) is 7.77. The number of benzene rings is 1. The van der Waals surface area contributed by atoms with Crippen LogP contribution in [0.1, 0.15) is 57.2 Å². The summed E-state index contributed by atoms with van der Waals surface area (Å²) in [6.45, 7) is 7.92. The molecule has 7 unspecified atom stereocenters. The summed E-state index contributed by atoms with van der Waals surface area (Å²) < 4.78 is 11.2. The van der Waals surface area contributed by atoms with E-state index in [4.69, 9.17) is 9.47 Å². The van der Waals surface area contributed by atoms with Crippen LogP contribution >= 0.6 is 0 Å². The number of hydrogen-bond acceptors (Lipinski definition) is 6. The molecule has 32 heavy (non-hydrogen) atoms. The standard InChI is InChI=1S/C26H35NO5/c1-14-6-5-7-17-11-22-23(24(29)26(14,17)3)19(25(30)32-22)13-27-9-8-16-10-20(28)21(31-4)12-18(16)15(27)2/h7,10,12,14-15,19,22-24,28-29H,5-6,8-9,11,13H2,1-4H3. The summed E-state index contributed by atoms with van der Waals surface area (Å²) in [6, 6.07) is 3.79. The number of aliphatic hydroxyl groups is 1. The van der Waals surface area contributed by atoms with E-state index in [1.54, 1.807) is 13.2 Å². The maximum Gasteiger partial charge on any atom is 0.311 e. The lowest BCUT2D eigenvalue weighted by molar-refractivity contribution is -0.145. The Labute approximate surface area is 190 Å². The lowest BCUT2D eigenvalue weighted by Crippen LogP contribution is -2.55. The largest absolute Gasteiger partial charge is 0.504 e. The molecule has 0 aromatic heterocycles. The van der Waals surface area contributed by atoms with E-state index < -0.39 is 6.10 Å². The molecule has 1 saturated heterocycles. The number of esters is 1. The Morgan fingerprint density at radius 3 is 2.84 bits per heavy atom. The Morgan fingerprint density at radius 2 is 2.09 bits per heavy atom. The summed E-state index contributed by atoms with van der Waals surface area (Å²) in [6.07, 6.45) is 5.13. The van der Waals surface area contributed by atoms with Gasteiger partial charge in [-0.1, -0.05) is 25.5 Å². The third-order valence-corrected chi connectivity index (χ3v) is 9.11. The SMILES string of the molecule is COc1cc2c(cc1O)CCN(CC1C(=O)OC3CC4=CCCC(C)C4(C)C(O)C31)C2C. The van der Waals surface area contributed by atoms with E-state index in [-0.39, 0.29) is 41.1 Å². The number of phenolic OH excluding ortho intramolecular Hbond substituents is 1. The van der Waals surface area contributed by atoms with Crippen molar-refractivity contribution in [2.45, 2.75) is 64.7 Å². The average molecular weight is 442 g/mol. The maximum atomic E-state index is 13.0. The van der Waals surface area contributed by atoms with Gasteiger partial charge in [0.2, 0.25) is 0 Å². The molecule has 6 nitrogen and oxygen atoms in total. The molecule has 174 valence electrons. The number of methoxy groups -OCH3 is 1. The van der Waals surface area contributed by atoms with Crippen molar-refractivity contribution in [2.24, 2.45) is 23.2 Å². The first-order chi connectivity index (χ1) is 15.3. The van der Waals surface area contributed by atoms with E-state index in [2.05, 4.69) is 31.7 Å². The minimum atomic E-state index is -0.580. The van der Waals surface area contributed by atoms with E-state index in [1.807, 2.05) is 6.07 Å². The second-order valence-electron chi connectivity index (χ2n) is 10.4. The summed E-state index contributed by atoms with van der Waals surface area (Å²) >= 11 is 0. The number of carbonyl (C=O) groups is 1. The van der Waals surface area contributed by atoms with Gasteiger partial charge in [-0.05, 0) is 55.4 Å². The first-order valence-corrected chi connectivity index (χ1v) is 12.0. The first kappa shape index (κ1) is 21.8. The van der Waals surface area contributed by atoms with Gasteiger partial charge in [0, 0.05) is 36.9 Å². The van der Waals surface area contributed by atoms with Crippen LogP contribution in [0.5, 0.6) is 11.5 Å². The molecule has 1 aromatic rings. The van der Waals surface area contributed by atoms with Crippen molar-refractivity contribution >= 4 is 5.97 Å². The van der Waals surface area contributed by atoms with Gasteiger partial charge in [-0.3, -0.25) is 9.69 Å². The molecule has 0 radical (unpaired) electrons. The Kier molecular flexibility index (Phi) is 5.29. The third-order valence-electron chi connectivity index (χ3n) is 9.11. The molecule has 1 saturated carbocycles. The van der Waals surface area contributed by atoms with Crippen molar-refractivity contribution in [1.82, 2.24) is 4.90 Å². The number of fused-ring (bicyclic) bond motifs is 3. The molecule has 4 aliphatic rings. The number of aromatic hydroxyl groups is 1. The van der Waals surface area contributed by atoms with Gasteiger partial charge >= 0.3 is 5.97 Å². The van der Waals surface area contributed by atoms with E-state index in [0.717, 1.165) is 43.4 Å². The molecule has 1 aromatic carbocycles. The molecule has 2 N–H and O–H groups in total. The van der Waals surface area contributed by atoms with Crippen LogP contribution in [-0.2, 0) is 16.0 Å². The normalized spacial score (nSPS) is 38.9. The van der Waals surface area contributed by atoms with Crippen molar-refractivity contribution in [1.29, 1.82) is 0 Å². The third kappa shape index (κ3) is 3.10. The maximum absolute atomic E-state index is 13.0. The Bertz CT molecular complexity index is 958. The Hall–Kier alpha value is -2.05. The fourth-order valence-electron chi connectivity index (χ4n) is 6.83. The molecule has 2 fully saturated rings. The van der Waals surface area contributed by atoms with Crippen molar-refractivity contribution < 1.29 is 24.5 Å². The van der Waals surface area contributed by atoms with Crippen molar-refractivity contribution in [3.05, 3.63) is 34.9 Å². The van der Waals surface area contributed by atoms with Crippen LogP contribution in [0, 0.1) is 23.2 Å². The van der Waals surface area contributed by atoms with Gasteiger partial charge in [0.25, 0.3) is 0 Å². The lowest BCUT2D eigenvalue weighted by Gasteiger charge is -2.52. The quantitative estimate of drug-likeness (QED) is 0.551. The number of aliphatic hydroxyl groups excluding tert-OH is 1. The van der Waals surface area contributed by atoms with Crippen LogP contribution in [0.3, 0.4) is 0 Å².